The summed E-state index contributed by atoms with van der Waals surface area (Å²) < 4.78 is 0. The molecular weight excluding hydrogens is 440 g/mol. The Morgan fingerprint density at radius 1 is 1.00 bits per heavy atom. The maximum Gasteiger partial charge on any atom is 0.270 e. The highest BCUT2D eigenvalue weighted by molar-refractivity contribution is 7.80. The van der Waals surface area contributed by atoms with Crippen LogP contribution in [-0.2, 0) is 4.79 Å². The maximum absolute atomic E-state index is 12.8. The number of rotatable bonds is 6. The molecule has 3 rings (SSSR count). The largest absolute Gasteiger partial charge is 0.332 e. The van der Waals surface area contributed by atoms with Gasteiger partial charge in [0, 0.05) is 42.2 Å². The lowest BCUT2D eigenvalue weighted by Gasteiger charge is -2.18. The van der Waals surface area contributed by atoms with Crippen LogP contribution in [0.25, 0.3) is 6.08 Å². The molecule has 0 aliphatic rings. The molecule has 0 aromatic heterocycles. The lowest BCUT2D eigenvalue weighted by atomic mass is 10.1. The second kappa shape index (κ2) is 10.8. The lowest BCUT2D eigenvalue weighted by molar-refractivity contribution is -0.384. The van der Waals surface area contributed by atoms with Gasteiger partial charge in [-0.2, -0.15) is 0 Å². The molecule has 33 heavy (non-hydrogen) atoms. The maximum atomic E-state index is 12.8. The van der Waals surface area contributed by atoms with E-state index < -0.39 is 10.8 Å². The first-order valence-corrected chi connectivity index (χ1v) is 10.2. The van der Waals surface area contributed by atoms with E-state index >= 15 is 0 Å². The Balaban J connectivity index is 1.60. The van der Waals surface area contributed by atoms with Gasteiger partial charge in [0.1, 0.15) is 0 Å². The number of non-ortho nitro benzene ring substituents is 1. The third kappa shape index (κ3) is 6.55. The SMILES string of the molecule is CN(C(=O)c1cccc(NC(=S)NC(=O)/C=C/c2cccc([N+](=O)[O-])c2)c1)c1ccccc1. The minimum Gasteiger partial charge on any atom is -0.332 e. The molecule has 0 radical (unpaired) electrons. The van der Waals surface area contributed by atoms with Crippen molar-refractivity contribution in [2.24, 2.45) is 0 Å². The average Bonchev–Trinajstić information content (AvgIpc) is 2.82. The third-order valence-corrected chi connectivity index (χ3v) is 4.76. The molecule has 166 valence electrons. The van der Waals surface area contributed by atoms with Crippen molar-refractivity contribution in [1.82, 2.24) is 5.32 Å². The molecular formula is C24H20N4O4S. The average molecular weight is 461 g/mol. The van der Waals surface area contributed by atoms with E-state index in [2.05, 4.69) is 10.6 Å². The Morgan fingerprint density at radius 3 is 2.45 bits per heavy atom. The molecule has 0 fully saturated rings. The summed E-state index contributed by atoms with van der Waals surface area (Å²) in [7, 11) is 1.69. The quantitative estimate of drug-likeness (QED) is 0.245. The molecule has 0 heterocycles. The van der Waals surface area contributed by atoms with Crippen molar-refractivity contribution >= 4 is 52.3 Å². The molecule has 9 heteroatoms. The van der Waals surface area contributed by atoms with Gasteiger partial charge in [-0.1, -0.05) is 36.4 Å². The second-order valence-electron chi connectivity index (χ2n) is 6.91. The normalized spacial score (nSPS) is 10.5. The van der Waals surface area contributed by atoms with E-state index in [1.807, 2.05) is 30.3 Å². The standard InChI is InChI=1S/C24H20N4O4S/c1-27(20-10-3-2-4-11-20)23(30)18-8-6-9-19(16-18)25-24(33)26-22(29)14-13-17-7-5-12-21(15-17)28(31)32/h2-16H,1H3,(H2,25,26,29,33)/b14-13+. The van der Waals surface area contributed by atoms with Crippen LogP contribution in [0.1, 0.15) is 15.9 Å². The van der Waals surface area contributed by atoms with Gasteiger partial charge in [-0.15, -0.1) is 0 Å². The van der Waals surface area contributed by atoms with Crippen LogP contribution in [0.4, 0.5) is 17.1 Å². The number of para-hydroxylation sites is 1. The van der Waals surface area contributed by atoms with E-state index in [0.717, 1.165) is 5.69 Å². The Hall–Kier alpha value is -4.37. The smallest absolute Gasteiger partial charge is 0.270 e. The van der Waals surface area contributed by atoms with E-state index in [0.29, 0.717) is 16.8 Å². The Bertz CT molecular complexity index is 1230. The number of carbonyl (C=O) groups excluding carboxylic acids is 2. The monoisotopic (exact) mass is 460 g/mol. The van der Waals surface area contributed by atoms with Crippen LogP contribution in [0, 0.1) is 10.1 Å². The number of carbonyl (C=O) groups is 2. The van der Waals surface area contributed by atoms with Gasteiger partial charge in [0.05, 0.1) is 4.92 Å². The van der Waals surface area contributed by atoms with Gasteiger partial charge in [0.25, 0.3) is 11.6 Å². The number of nitro benzene ring substituents is 1. The van der Waals surface area contributed by atoms with Crippen LogP contribution in [0.2, 0.25) is 0 Å². The Kier molecular flexibility index (Phi) is 7.61. The Morgan fingerprint density at radius 2 is 1.73 bits per heavy atom. The topological polar surface area (TPSA) is 105 Å². The first kappa shape index (κ1) is 23.3. The van der Waals surface area contributed by atoms with Crippen molar-refractivity contribution in [3.63, 3.8) is 0 Å². The molecule has 2 N–H and O–H groups in total. The minimum atomic E-state index is -0.507. The molecule has 0 aliphatic carbocycles. The Labute approximate surface area is 195 Å². The molecule has 3 aromatic carbocycles. The van der Waals surface area contributed by atoms with Crippen LogP contribution < -0.4 is 15.5 Å². The summed E-state index contributed by atoms with van der Waals surface area (Å²) in [5.41, 5.74) is 2.19. The summed E-state index contributed by atoms with van der Waals surface area (Å²) in [4.78, 5) is 36.8. The van der Waals surface area contributed by atoms with Crippen LogP contribution in [-0.4, -0.2) is 28.9 Å². The fraction of sp³-hybridized carbons (Fsp3) is 0.0417. The number of benzene rings is 3. The molecule has 0 saturated heterocycles. The number of thiocarbonyl (C=S) groups is 1. The molecule has 0 saturated carbocycles. The van der Waals surface area contributed by atoms with Crippen molar-refractivity contribution < 1.29 is 14.5 Å². The lowest BCUT2D eigenvalue weighted by Crippen LogP contribution is -2.33. The van der Waals surface area contributed by atoms with E-state index in [9.17, 15) is 19.7 Å². The number of nitrogens with one attached hydrogen (secondary N) is 2. The second-order valence-corrected chi connectivity index (χ2v) is 7.32. The van der Waals surface area contributed by atoms with Gasteiger partial charge in [-0.3, -0.25) is 25.0 Å². The zero-order valence-electron chi connectivity index (χ0n) is 17.6. The number of amides is 2. The van der Waals surface area contributed by atoms with Gasteiger partial charge in [0.15, 0.2) is 5.11 Å². The summed E-state index contributed by atoms with van der Waals surface area (Å²) in [5.74, 6) is -0.699. The summed E-state index contributed by atoms with van der Waals surface area (Å²) in [6, 6.07) is 21.9. The van der Waals surface area contributed by atoms with Crippen molar-refractivity contribution in [3.05, 3.63) is 106 Å². The van der Waals surface area contributed by atoms with Crippen LogP contribution in [0.3, 0.4) is 0 Å². The van der Waals surface area contributed by atoms with Gasteiger partial charge in [-0.25, -0.2) is 0 Å². The number of nitrogens with zero attached hydrogens (tertiary/aromatic N) is 2. The fourth-order valence-corrected chi connectivity index (χ4v) is 3.14. The molecule has 0 spiro atoms. The third-order valence-electron chi connectivity index (χ3n) is 4.56. The van der Waals surface area contributed by atoms with Crippen LogP contribution >= 0.6 is 12.2 Å². The molecule has 0 aliphatic heterocycles. The van der Waals surface area contributed by atoms with Crippen molar-refractivity contribution in [1.29, 1.82) is 0 Å². The fourth-order valence-electron chi connectivity index (χ4n) is 2.92. The van der Waals surface area contributed by atoms with E-state index in [4.69, 9.17) is 12.2 Å². The number of anilines is 2. The highest BCUT2D eigenvalue weighted by atomic mass is 32.1. The molecule has 0 bridgehead atoms. The van der Waals surface area contributed by atoms with Gasteiger partial charge in [0.2, 0.25) is 5.91 Å². The zero-order chi connectivity index (χ0) is 23.8. The minimum absolute atomic E-state index is 0.0460. The van der Waals surface area contributed by atoms with E-state index in [-0.39, 0.29) is 16.7 Å². The first-order chi connectivity index (χ1) is 15.8. The number of hydrogen-bond acceptors (Lipinski definition) is 5. The van der Waals surface area contributed by atoms with Gasteiger partial charge in [-0.05, 0) is 54.2 Å². The van der Waals surface area contributed by atoms with Crippen molar-refractivity contribution in [2.75, 3.05) is 17.3 Å². The highest BCUT2D eigenvalue weighted by Gasteiger charge is 2.14. The van der Waals surface area contributed by atoms with Crippen molar-refractivity contribution in [2.45, 2.75) is 0 Å². The molecule has 0 atom stereocenters. The van der Waals surface area contributed by atoms with E-state index in [1.165, 1.54) is 35.3 Å². The highest BCUT2D eigenvalue weighted by Crippen LogP contribution is 2.17. The van der Waals surface area contributed by atoms with Gasteiger partial charge < -0.3 is 10.2 Å². The van der Waals surface area contributed by atoms with Crippen LogP contribution in [0.5, 0.6) is 0 Å². The number of hydrogen-bond donors (Lipinski definition) is 2. The zero-order valence-corrected chi connectivity index (χ0v) is 18.4. The predicted molar refractivity (Wildman–Crippen MR) is 132 cm³/mol. The number of nitro groups is 1. The first-order valence-electron chi connectivity index (χ1n) is 9.81. The molecule has 8 nitrogen and oxygen atoms in total. The van der Waals surface area contributed by atoms with Gasteiger partial charge >= 0.3 is 0 Å². The summed E-state index contributed by atoms with van der Waals surface area (Å²) in [6.07, 6.45) is 2.67. The molecule has 3 aromatic rings. The van der Waals surface area contributed by atoms with Crippen LogP contribution in [0.15, 0.2) is 84.9 Å². The molecule has 0 unspecified atom stereocenters. The summed E-state index contributed by atoms with van der Waals surface area (Å²) in [5, 5.41) is 16.3. The summed E-state index contributed by atoms with van der Waals surface area (Å²) >= 11 is 5.17. The van der Waals surface area contributed by atoms with E-state index in [1.54, 1.807) is 37.4 Å². The predicted octanol–water partition coefficient (Wildman–Crippen LogP) is 4.40. The van der Waals surface area contributed by atoms with Crippen molar-refractivity contribution in [3.8, 4) is 0 Å². The summed E-state index contributed by atoms with van der Waals surface area (Å²) in [6.45, 7) is 0. The molecule has 2 amide bonds.